The smallest absolute Gasteiger partial charge is 0.550 e. The van der Waals surface area contributed by atoms with Crippen molar-refractivity contribution in [2.45, 2.75) is 211 Å². The van der Waals surface area contributed by atoms with E-state index in [9.17, 15) is 39.6 Å². The molecular weight excluding hydrogens is 880 g/mol. The molecule has 0 fully saturated rings. The van der Waals surface area contributed by atoms with E-state index in [1.807, 2.05) is 83.1 Å². The molecule has 0 aliphatic rings. The van der Waals surface area contributed by atoms with Gasteiger partial charge in [0.05, 0.1) is 0 Å². The Hall–Kier alpha value is -1.73. The first-order chi connectivity index (χ1) is 30.6. The van der Waals surface area contributed by atoms with Crippen LogP contribution < -0.4 is 20.4 Å². The van der Waals surface area contributed by atoms with Crippen molar-refractivity contribution >= 4 is 23.9 Å². The van der Waals surface area contributed by atoms with E-state index in [0.29, 0.717) is 104 Å². The monoisotopic (exact) mass is 973 g/mol. The van der Waals surface area contributed by atoms with E-state index in [1.165, 1.54) is 0 Å². The van der Waals surface area contributed by atoms with Crippen LogP contribution in [0.1, 0.15) is 186 Å². The maximum atomic E-state index is 10.8. The molecule has 0 aromatic carbocycles. The summed E-state index contributed by atoms with van der Waals surface area (Å²) in [5, 5.41) is 43.2. The van der Waals surface area contributed by atoms with Gasteiger partial charge in [0, 0.05) is 126 Å². The maximum Gasteiger partial charge on any atom is 4.00 e. The quantitative estimate of drug-likeness (QED) is 0.0558. The van der Waals surface area contributed by atoms with Crippen molar-refractivity contribution in [3.05, 3.63) is 0 Å². The molecule has 0 bridgehead atoms. The molecule has 0 aliphatic carbocycles. The van der Waals surface area contributed by atoms with Gasteiger partial charge in [-0.2, -0.15) is 0 Å². The summed E-state index contributed by atoms with van der Waals surface area (Å²) in [6.07, 6.45) is 9.20. The molecular formula is C48H92O16Ti. The minimum atomic E-state index is -1.02. The Labute approximate surface area is 409 Å². The molecule has 0 saturated carbocycles. The predicted molar refractivity (Wildman–Crippen MR) is 239 cm³/mol. The molecule has 0 spiro atoms. The number of carbonyl (C=O) groups is 4. The van der Waals surface area contributed by atoms with E-state index in [0.717, 1.165) is 51.4 Å². The van der Waals surface area contributed by atoms with Gasteiger partial charge < -0.3 is 77.5 Å². The predicted octanol–water partition coefficient (Wildman–Crippen LogP) is 5.33. The van der Waals surface area contributed by atoms with Gasteiger partial charge in [-0.05, 0) is 77.0 Å². The van der Waals surface area contributed by atoms with Crippen molar-refractivity contribution in [2.24, 2.45) is 23.7 Å². The van der Waals surface area contributed by atoms with Crippen LogP contribution in [0, 0.1) is 23.7 Å². The molecule has 65 heavy (non-hydrogen) atoms. The summed E-state index contributed by atoms with van der Waals surface area (Å²) in [4.78, 5) is 43.2. The Morgan fingerprint density at radius 3 is 0.492 bits per heavy atom. The fourth-order valence-electron chi connectivity index (χ4n) is 5.38. The van der Waals surface area contributed by atoms with Gasteiger partial charge in [-0.15, -0.1) is 0 Å². The average Bonchev–Trinajstić information content (AvgIpc) is 3.28. The molecule has 0 radical (unpaired) electrons. The van der Waals surface area contributed by atoms with Gasteiger partial charge in [-0.1, -0.05) is 83.1 Å². The summed E-state index contributed by atoms with van der Waals surface area (Å²) >= 11 is 0. The fourth-order valence-corrected chi connectivity index (χ4v) is 5.38. The number of rotatable bonds is 40. The number of carboxylic acids is 4. The molecule has 4 unspecified atom stereocenters. The molecule has 0 N–H and O–H groups in total. The van der Waals surface area contributed by atoms with E-state index >= 15 is 0 Å². The second-order valence-corrected chi connectivity index (χ2v) is 15.3. The summed E-state index contributed by atoms with van der Waals surface area (Å²) < 4.78 is 43.7. The summed E-state index contributed by atoms with van der Waals surface area (Å²) in [6, 6.07) is 0. The van der Waals surface area contributed by atoms with Crippen LogP contribution in [-0.2, 0) is 78.8 Å². The summed E-state index contributed by atoms with van der Waals surface area (Å²) in [5.74, 6) is -6.03. The first-order valence-corrected chi connectivity index (χ1v) is 24.4. The third-order valence-corrected chi connectivity index (χ3v) is 9.28. The van der Waals surface area contributed by atoms with Gasteiger partial charge in [-0.3, -0.25) is 0 Å². The Balaban J connectivity index is -0.000000245. The molecule has 0 amide bonds. The zero-order valence-corrected chi connectivity index (χ0v) is 44.2. The van der Waals surface area contributed by atoms with Crippen LogP contribution in [0.5, 0.6) is 0 Å². The third-order valence-electron chi connectivity index (χ3n) is 9.28. The van der Waals surface area contributed by atoms with E-state index < -0.39 is 72.7 Å². The van der Waals surface area contributed by atoms with E-state index in [-0.39, 0.29) is 21.7 Å². The number of ether oxygens (including phenoxy) is 8. The van der Waals surface area contributed by atoms with Crippen molar-refractivity contribution < 1.29 is 99.2 Å². The molecule has 0 aliphatic heterocycles. The van der Waals surface area contributed by atoms with Crippen molar-refractivity contribution in [1.82, 2.24) is 0 Å². The van der Waals surface area contributed by atoms with Gasteiger partial charge in [0.25, 0.3) is 0 Å². The first kappa shape index (κ1) is 72.3. The van der Waals surface area contributed by atoms with Crippen LogP contribution in [0.15, 0.2) is 0 Å². The minimum Gasteiger partial charge on any atom is -0.550 e. The molecule has 4 atom stereocenters. The van der Waals surface area contributed by atoms with Crippen LogP contribution in [0.2, 0.25) is 0 Å². The van der Waals surface area contributed by atoms with Crippen LogP contribution in [0.25, 0.3) is 0 Å². The normalized spacial score (nSPS) is 12.8. The van der Waals surface area contributed by atoms with Crippen LogP contribution >= 0.6 is 0 Å². The molecule has 0 saturated heterocycles. The van der Waals surface area contributed by atoms with Crippen molar-refractivity contribution in [3.63, 3.8) is 0 Å². The SMILES string of the molecule is CCCOC(CC(CC)C(=O)[O-])OCCC.CCCOC(CC(CC)C(=O)[O-])OCCC.CCCOC(CC(CC)C(=O)[O-])OCCC.CCCOC(CC(CC)C(=O)[O-])OCCC.[Ti+4]. The first-order valence-electron chi connectivity index (χ1n) is 24.4. The van der Waals surface area contributed by atoms with Crippen LogP contribution in [0.3, 0.4) is 0 Å². The van der Waals surface area contributed by atoms with Gasteiger partial charge in [0.2, 0.25) is 0 Å². The van der Waals surface area contributed by atoms with Crippen molar-refractivity contribution in [2.75, 3.05) is 52.9 Å². The molecule has 0 rings (SSSR count). The minimum absolute atomic E-state index is 0. The maximum absolute atomic E-state index is 10.8. The number of hydrogen-bond donors (Lipinski definition) is 0. The Kier molecular flexibility index (Phi) is 59.2. The number of carboxylic acid groups (broad SMARTS) is 4. The zero-order chi connectivity index (χ0) is 49.6. The zero-order valence-electron chi connectivity index (χ0n) is 42.6. The van der Waals surface area contributed by atoms with Gasteiger partial charge in [-0.25, -0.2) is 0 Å². The summed E-state index contributed by atoms with van der Waals surface area (Å²) in [5.41, 5.74) is 0. The van der Waals surface area contributed by atoms with E-state index in [2.05, 4.69) is 0 Å². The molecule has 0 aromatic rings. The standard InChI is InChI=1S/4C12H24O4.Ti/c4*1-4-7-15-11(16-8-5-2)9-10(6-3)12(13)14;/h4*10-11H,4-9H2,1-3H3,(H,13,14);/q;;;;+4/p-4. The van der Waals surface area contributed by atoms with Gasteiger partial charge >= 0.3 is 21.7 Å². The molecule has 0 heterocycles. The number of aliphatic carboxylic acids is 4. The Morgan fingerprint density at radius 1 is 0.292 bits per heavy atom. The van der Waals surface area contributed by atoms with E-state index in [4.69, 9.17) is 37.9 Å². The van der Waals surface area contributed by atoms with E-state index in [1.54, 1.807) is 0 Å². The van der Waals surface area contributed by atoms with Gasteiger partial charge in [0.15, 0.2) is 25.2 Å². The topological polar surface area (TPSA) is 234 Å². The Bertz CT molecular complexity index is 863. The number of carbonyl (C=O) groups excluding carboxylic acids is 4. The second kappa shape index (κ2) is 53.2. The Morgan fingerprint density at radius 2 is 0.415 bits per heavy atom. The largest absolute Gasteiger partial charge is 4.00 e. The molecule has 384 valence electrons. The van der Waals surface area contributed by atoms with Crippen LogP contribution in [-0.4, -0.2) is 102 Å². The number of hydrogen-bond acceptors (Lipinski definition) is 16. The van der Waals surface area contributed by atoms with Crippen molar-refractivity contribution in [1.29, 1.82) is 0 Å². The summed E-state index contributed by atoms with van der Waals surface area (Å²) in [6.45, 7) is 28.1. The second-order valence-electron chi connectivity index (χ2n) is 15.3. The third kappa shape index (κ3) is 45.8. The average molecular weight is 973 g/mol. The van der Waals surface area contributed by atoms with Crippen LogP contribution in [0.4, 0.5) is 0 Å². The fraction of sp³-hybridized carbons (Fsp3) is 0.917. The summed E-state index contributed by atoms with van der Waals surface area (Å²) in [7, 11) is 0. The molecule has 16 nitrogen and oxygen atoms in total. The van der Waals surface area contributed by atoms with Gasteiger partial charge in [0.1, 0.15) is 0 Å². The molecule has 0 aromatic heterocycles. The van der Waals surface area contributed by atoms with Crippen molar-refractivity contribution in [3.8, 4) is 0 Å². The molecule has 17 heteroatoms.